The summed E-state index contributed by atoms with van der Waals surface area (Å²) in [5.74, 6) is 0. The summed E-state index contributed by atoms with van der Waals surface area (Å²) in [5.41, 5.74) is 2.39. The van der Waals surface area contributed by atoms with Gasteiger partial charge >= 0.3 is 6.03 Å². The molecule has 0 saturated carbocycles. The fourth-order valence-corrected chi connectivity index (χ4v) is 4.41. The molecule has 4 aromatic rings. The number of urea groups is 1. The highest BCUT2D eigenvalue weighted by Gasteiger charge is 2.12. The maximum Gasteiger partial charge on any atom is 0.325 e. The Morgan fingerprint density at radius 3 is 2.83 bits per heavy atom. The first-order chi connectivity index (χ1) is 11.6. The quantitative estimate of drug-likeness (QED) is 0.486. The van der Waals surface area contributed by atoms with Gasteiger partial charge in [0.1, 0.15) is 5.52 Å². The van der Waals surface area contributed by atoms with Crippen LogP contribution in [-0.2, 0) is 0 Å². The van der Waals surface area contributed by atoms with Crippen LogP contribution in [-0.4, -0.2) is 16.0 Å². The maximum absolute atomic E-state index is 12.1. The van der Waals surface area contributed by atoms with E-state index in [0.29, 0.717) is 15.8 Å². The second-order valence-electron chi connectivity index (χ2n) is 5.10. The van der Waals surface area contributed by atoms with Gasteiger partial charge in [0.25, 0.3) is 0 Å². The Hall–Kier alpha value is -2.22. The maximum atomic E-state index is 12.1. The van der Waals surface area contributed by atoms with Gasteiger partial charge in [-0.15, -0.1) is 11.3 Å². The van der Waals surface area contributed by atoms with E-state index in [1.165, 1.54) is 11.3 Å². The number of aryl methyl sites for hydroxylation is 1. The third kappa shape index (κ3) is 2.93. The topological polar surface area (TPSA) is 66.9 Å². The van der Waals surface area contributed by atoms with E-state index in [1.807, 2.05) is 19.1 Å². The smallest absolute Gasteiger partial charge is 0.308 e. The first kappa shape index (κ1) is 15.3. The number of thiazole rings is 2. The van der Waals surface area contributed by atoms with Gasteiger partial charge in [-0.25, -0.2) is 14.8 Å². The van der Waals surface area contributed by atoms with Crippen molar-refractivity contribution in [2.24, 2.45) is 0 Å². The number of anilines is 2. The van der Waals surface area contributed by atoms with Crippen LogP contribution in [0.3, 0.4) is 0 Å². The third-order valence-electron chi connectivity index (χ3n) is 3.32. The zero-order chi connectivity index (χ0) is 16.7. The Morgan fingerprint density at radius 1 is 1.12 bits per heavy atom. The Balaban J connectivity index is 1.60. The van der Waals surface area contributed by atoms with E-state index in [-0.39, 0.29) is 6.03 Å². The van der Waals surface area contributed by atoms with Crippen molar-refractivity contribution in [1.82, 2.24) is 9.97 Å². The third-order valence-corrected chi connectivity index (χ3v) is 5.49. The van der Waals surface area contributed by atoms with Crippen LogP contribution in [0.25, 0.3) is 20.4 Å². The molecule has 2 heterocycles. The summed E-state index contributed by atoms with van der Waals surface area (Å²) < 4.78 is 2.11. The molecule has 0 saturated heterocycles. The minimum absolute atomic E-state index is 0.359. The average molecular weight is 375 g/mol. The molecular formula is C16H11ClN4OS2. The molecule has 0 aliphatic rings. The van der Waals surface area contributed by atoms with Crippen LogP contribution in [0.4, 0.5) is 15.6 Å². The van der Waals surface area contributed by atoms with Crippen LogP contribution in [0.5, 0.6) is 0 Å². The number of carbonyl (C=O) groups is 1. The standard InChI is InChI=1S/C16H11ClN4OS2/c1-8-18-13-12(23-8)6-5-11-14(13)24-16(20-11)21-15(22)19-10-4-2-3-9(17)7-10/h2-7H,1H3,(H2,19,20,21,22). The molecule has 0 spiro atoms. The van der Waals surface area contributed by atoms with E-state index in [0.717, 1.165) is 25.4 Å². The lowest BCUT2D eigenvalue weighted by molar-refractivity contribution is 0.262. The first-order valence-corrected chi connectivity index (χ1v) is 9.10. The Bertz CT molecular complexity index is 1070. The summed E-state index contributed by atoms with van der Waals surface area (Å²) >= 11 is 8.98. The second kappa shape index (κ2) is 6.01. The van der Waals surface area contributed by atoms with Crippen LogP contribution >= 0.6 is 34.3 Å². The molecule has 2 amide bonds. The van der Waals surface area contributed by atoms with Crippen molar-refractivity contribution in [2.45, 2.75) is 6.92 Å². The van der Waals surface area contributed by atoms with Crippen LogP contribution < -0.4 is 10.6 Å². The number of halogens is 1. The summed E-state index contributed by atoms with van der Waals surface area (Å²) in [4.78, 5) is 21.1. The minimum Gasteiger partial charge on any atom is -0.308 e. The highest BCUT2D eigenvalue weighted by Crippen LogP contribution is 2.34. The first-order valence-electron chi connectivity index (χ1n) is 7.09. The molecule has 2 aromatic heterocycles. The lowest BCUT2D eigenvalue weighted by Gasteiger charge is -2.05. The molecule has 0 radical (unpaired) electrons. The number of aromatic nitrogens is 2. The number of carbonyl (C=O) groups excluding carboxylic acids is 1. The van der Waals surface area contributed by atoms with Crippen molar-refractivity contribution in [3.63, 3.8) is 0 Å². The monoisotopic (exact) mass is 374 g/mol. The molecule has 2 N–H and O–H groups in total. The number of benzene rings is 2. The number of hydrogen-bond acceptors (Lipinski definition) is 5. The van der Waals surface area contributed by atoms with Gasteiger partial charge in [-0.2, -0.15) is 0 Å². The molecule has 4 rings (SSSR count). The molecule has 0 bridgehead atoms. The molecular weight excluding hydrogens is 364 g/mol. The largest absolute Gasteiger partial charge is 0.325 e. The van der Waals surface area contributed by atoms with Crippen molar-refractivity contribution in [1.29, 1.82) is 0 Å². The molecule has 5 nitrogen and oxygen atoms in total. The predicted octanol–water partition coefficient (Wildman–Crippen LogP) is 5.51. The van der Waals surface area contributed by atoms with Gasteiger partial charge in [-0.3, -0.25) is 5.32 Å². The van der Waals surface area contributed by atoms with Crippen LogP contribution in [0.15, 0.2) is 36.4 Å². The highest BCUT2D eigenvalue weighted by molar-refractivity contribution is 7.24. The van der Waals surface area contributed by atoms with Gasteiger partial charge in [0.05, 0.1) is 19.9 Å². The SMILES string of the molecule is Cc1nc2c(ccc3nc(NC(=O)Nc4cccc(Cl)c4)sc32)s1. The lowest BCUT2D eigenvalue weighted by Crippen LogP contribution is -2.19. The van der Waals surface area contributed by atoms with Crippen LogP contribution in [0, 0.1) is 6.92 Å². The number of nitrogens with zero attached hydrogens (tertiary/aromatic N) is 2. The van der Waals surface area contributed by atoms with Gasteiger partial charge in [0.2, 0.25) is 0 Å². The van der Waals surface area contributed by atoms with E-state index >= 15 is 0 Å². The summed E-state index contributed by atoms with van der Waals surface area (Å²) in [6.45, 7) is 1.98. The highest BCUT2D eigenvalue weighted by atomic mass is 35.5. The molecule has 2 aromatic carbocycles. The summed E-state index contributed by atoms with van der Waals surface area (Å²) in [6, 6.07) is 10.6. The zero-order valence-electron chi connectivity index (χ0n) is 12.5. The van der Waals surface area contributed by atoms with Crippen molar-refractivity contribution in [2.75, 3.05) is 10.6 Å². The van der Waals surface area contributed by atoms with Gasteiger partial charge in [0.15, 0.2) is 5.13 Å². The lowest BCUT2D eigenvalue weighted by atomic mass is 10.3. The average Bonchev–Trinajstić information content (AvgIpc) is 3.08. The number of hydrogen-bond donors (Lipinski definition) is 2. The van der Waals surface area contributed by atoms with Crippen molar-refractivity contribution in [3.8, 4) is 0 Å². The van der Waals surface area contributed by atoms with Crippen molar-refractivity contribution in [3.05, 3.63) is 46.4 Å². The number of nitrogens with one attached hydrogen (secondary N) is 2. The van der Waals surface area contributed by atoms with E-state index in [4.69, 9.17) is 11.6 Å². The summed E-state index contributed by atoms with van der Waals surface area (Å²) in [7, 11) is 0. The van der Waals surface area contributed by atoms with Gasteiger partial charge < -0.3 is 5.32 Å². The second-order valence-corrected chi connectivity index (χ2v) is 7.77. The van der Waals surface area contributed by atoms with Gasteiger partial charge in [-0.1, -0.05) is 29.0 Å². The number of fused-ring (bicyclic) bond motifs is 3. The summed E-state index contributed by atoms with van der Waals surface area (Å²) in [5, 5.41) is 7.60. The molecule has 0 aliphatic carbocycles. The Labute approximate surface area is 150 Å². The predicted molar refractivity (Wildman–Crippen MR) is 102 cm³/mol. The Kier molecular flexibility index (Phi) is 3.84. The molecule has 24 heavy (non-hydrogen) atoms. The molecule has 8 heteroatoms. The van der Waals surface area contributed by atoms with Crippen LogP contribution in [0.2, 0.25) is 5.02 Å². The molecule has 0 unspecified atom stereocenters. The van der Waals surface area contributed by atoms with Crippen LogP contribution in [0.1, 0.15) is 5.01 Å². The zero-order valence-corrected chi connectivity index (χ0v) is 14.9. The van der Waals surface area contributed by atoms with Crippen molar-refractivity contribution < 1.29 is 4.79 Å². The summed E-state index contributed by atoms with van der Waals surface area (Å²) in [6.07, 6.45) is 0. The van der Waals surface area contributed by atoms with Gasteiger partial charge in [0, 0.05) is 10.7 Å². The minimum atomic E-state index is -0.359. The number of amides is 2. The van der Waals surface area contributed by atoms with Crippen molar-refractivity contribution >= 4 is 71.6 Å². The molecule has 0 atom stereocenters. The molecule has 0 fully saturated rings. The fourth-order valence-electron chi connectivity index (χ4n) is 2.37. The van der Waals surface area contributed by atoms with E-state index < -0.39 is 0 Å². The normalized spacial score (nSPS) is 11.1. The van der Waals surface area contributed by atoms with Gasteiger partial charge in [-0.05, 0) is 37.3 Å². The molecule has 0 aliphatic heterocycles. The number of rotatable bonds is 2. The Morgan fingerprint density at radius 2 is 2.00 bits per heavy atom. The van der Waals surface area contributed by atoms with E-state index in [2.05, 4.69) is 20.6 Å². The fraction of sp³-hybridized carbons (Fsp3) is 0.0625. The van der Waals surface area contributed by atoms with E-state index in [1.54, 1.807) is 35.6 Å². The van der Waals surface area contributed by atoms with E-state index in [9.17, 15) is 4.79 Å². The molecule has 120 valence electrons.